The summed E-state index contributed by atoms with van der Waals surface area (Å²) in [5.74, 6) is -1.34. The van der Waals surface area contributed by atoms with Crippen LogP contribution in [0.2, 0.25) is 0 Å². The maximum absolute atomic E-state index is 11.9. The molecule has 0 aromatic heterocycles. The Labute approximate surface area is 261 Å². The van der Waals surface area contributed by atoms with E-state index in [1.807, 2.05) is 0 Å². The van der Waals surface area contributed by atoms with E-state index in [1.54, 1.807) is 0 Å². The molecule has 1 aliphatic carbocycles. The third-order valence-corrected chi connectivity index (χ3v) is 8.35. The van der Waals surface area contributed by atoms with Gasteiger partial charge in [-0.2, -0.15) is 0 Å². The van der Waals surface area contributed by atoms with Crippen molar-refractivity contribution in [1.82, 2.24) is 0 Å². The molecule has 15 heteroatoms. The van der Waals surface area contributed by atoms with Crippen LogP contribution in [0.25, 0.3) is 0 Å². The van der Waals surface area contributed by atoms with Gasteiger partial charge in [0.25, 0.3) is 0 Å². The Hall–Kier alpha value is -0.0100. The number of hydrogen-bond donors (Lipinski definition) is 6. The van der Waals surface area contributed by atoms with Gasteiger partial charge >= 0.3 is 29.6 Å². The first-order chi connectivity index (χ1) is 19.1. The molecule has 41 heavy (non-hydrogen) atoms. The molecule has 0 radical (unpaired) electrons. The van der Waals surface area contributed by atoms with E-state index in [2.05, 4.69) is 0 Å². The first-order valence-corrected chi connectivity index (χ1v) is 14.2. The minimum absolute atomic E-state index is 0. The quantitative estimate of drug-likeness (QED) is 0.128. The van der Waals surface area contributed by atoms with Gasteiger partial charge in [-0.15, -0.1) is 0 Å². The molecule has 0 spiro atoms. The standard InChI is InChI=1S/C26H44O14.Na/c1-12-18(28)20(30)21(31)25(36-12)40-17-11-35-8-7-14(17)38-26-22(32)23(19(29)16(10-27)39-26)37-15(24(33)34)9-13-5-3-2-4-6-13;/h12-23,25-32H,2-11H2,1H3,(H,33,34);/q;+1/p-1/t12-,14-,15+,16+,17-,18+,19-,20-,21+,22-,23+,25-,26+;/m1./s1. The molecule has 3 heterocycles. The summed E-state index contributed by atoms with van der Waals surface area (Å²) >= 11 is 0. The molecule has 0 amide bonds. The molecule has 4 rings (SSSR count). The average Bonchev–Trinajstić information content (AvgIpc) is 2.95. The normalized spacial score (nSPS) is 43.2. The number of rotatable bonds is 10. The largest absolute Gasteiger partial charge is 1.00 e. The molecule has 3 saturated heterocycles. The number of carboxylic acid groups (broad SMARTS) is 1. The van der Waals surface area contributed by atoms with Gasteiger partial charge < -0.3 is 69.0 Å². The Morgan fingerprint density at radius 3 is 2.20 bits per heavy atom. The molecule has 1 saturated carbocycles. The van der Waals surface area contributed by atoms with Crippen molar-refractivity contribution in [1.29, 1.82) is 0 Å². The maximum Gasteiger partial charge on any atom is 1.00 e. The zero-order valence-corrected chi connectivity index (χ0v) is 25.6. The molecule has 232 valence electrons. The number of carboxylic acids is 1. The molecule has 4 aliphatic rings. The zero-order chi connectivity index (χ0) is 29.0. The van der Waals surface area contributed by atoms with Gasteiger partial charge in [0, 0.05) is 6.61 Å². The van der Waals surface area contributed by atoms with Crippen LogP contribution >= 0.6 is 0 Å². The minimum atomic E-state index is -1.64. The third-order valence-electron chi connectivity index (χ3n) is 8.35. The fourth-order valence-corrected chi connectivity index (χ4v) is 5.89. The fourth-order valence-electron chi connectivity index (χ4n) is 5.89. The van der Waals surface area contributed by atoms with Crippen LogP contribution in [0.15, 0.2) is 0 Å². The number of carbonyl (C=O) groups is 1. The molecule has 14 nitrogen and oxygen atoms in total. The van der Waals surface area contributed by atoms with Gasteiger partial charge in [0.1, 0.15) is 48.8 Å². The summed E-state index contributed by atoms with van der Waals surface area (Å²) in [5.41, 5.74) is 0. The van der Waals surface area contributed by atoms with Gasteiger partial charge in [-0.25, -0.2) is 0 Å². The molecular weight excluding hydrogens is 559 g/mol. The fraction of sp³-hybridized carbons (Fsp3) is 0.962. The Morgan fingerprint density at radius 2 is 1.54 bits per heavy atom. The van der Waals surface area contributed by atoms with E-state index in [1.165, 1.54) is 6.92 Å². The first-order valence-electron chi connectivity index (χ1n) is 14.2. The first kappa shape index (κ1) is 35.5. The smallest absolute Gasteiger partial charge is 0.547 e. The monoisotopic (exact) mass is 602 g/mol. The minimum Gasteiger partial charge on any atom is -0.547 e. The van der Waals surface area contributed by atoms with Crippen molar-refractivity contribution in [3.8, 4) is 0 Å². The molecule has 0 bridgehead atoms. The van der Waals surface area contributed by atoms with Crippen molar-refractivity contribution in [2.45, 2.75) is 132 Å². The summed E-state index contributed by atoms with van der Waals surface area (Å²) in [6.07, 6.45) is -11.6. The van der Waals surface area contributed by atoms with Gasteiger partial charge in [-0.3, -0.25) is 0 Å². The number of aliphatic hydroxyl groups excluding tert-OH is 6. The number of aliphatic hydroxyl groups is 6. The van der Waals surface area contributed by atoms with E-state index in [0.717, 1.165) is 32.1 Å². The Morgan fingerprint density at radius 1 is 0.878 bits per heavy atom. The van der Waals surface area contributed by atoms with Crippen LogP contribution in [0.5, 0.6) is 0 Å². The second kappa shape index (κ2) is 16.3. The second-order valence-electron chi connectivity index (χ2n) is 11.2. The molecule has 6 N–H and O–H groups in total. The number of carbonyl (C=O) groups excluding carboxylic acids is 1. The van der Waals surface area contributed by atoms with Gasteiger partial charge in [-0.05, 0) is 25.7 Å². The molecule has 3 aliphatic heterocycles. The molecule has 0 aromatic rings. The van der Waals surface area contributed by atoms with Crippen molar-refractivity contribution >= 4 is 5.97 Å². The van der Waals surface area contributed by atoms with Crippen LogP contribution in [-0.4, -0.2) is 136 Å². The van der Waals surface area contributed by atoms with E-state index >= 15 is 0 Å². The topological polar surface area (TPSA) is 217 Å². The SMILES string of the molecule is C[C@H]1O[C@H](O[C@@H]2COCC[C@H]2O[C@H]2O[C@@H](CO)[C@@H](O)[C@H](O[C@@H](CC3CCCCC3)C(=O)[O-])[C@H]2O)[C@@H](O)[C@H](O)[C@H]1O.[Na+]. The average molecular weight is 603 g/mol. The van der Waals surface area contributed by atoms with Gasteiger partial charge in [0.05, 0.1) is 37.5 Å². The number of ether oxygens (including phenoxy) is 6. The summed E-state index contributed by atoms with van der Waals surface area (Å²) in [6.45, 7) is 1.13. The summed E-state index contributed by atoms with van der Waals surface area (Å²) in [7, 11) is 0. The van der Waals surface area contributed by atoms with Crippen LogP contribution in [0.4, 0.5) is 0 Å². The Bertz CT molecular complexity index is 802. The van der Waals surface area contributed by atoms with Crippen LogP contribution in [0.1, 0.15) is 51.9 Å². The zero-order valence-electron chi connectivity index (χ0n) is 23.6. The summed E-state index contributed by atoms with van der Waals surface area (Å²) in [4.78, 5) is 11.9. The third kappa shape index (κ3) is 8.80. The summed E-state index contributed by atoms with van der Waals surface area (Å²) < 4.78 is 34.2. The van der Waals surface area contributed by atoms with E-state index in [-0.39, 0.29) is 61.5 Å². The van der Waals surface area contributed by atoms with E-state index < -0.39 is 92.3 Å². The van der Waals surface area contributed by atoms with Crippen molar-refractivity contribution in [2.75, 3.05) is 19.8 Å². The van der Waals surface area contributed by atoms with Gasteiger partial charge in [0.15, 0.2) is 12.6 Å². The Kier molecular flexibility index (Phi) is 14.1. The summed E-state index contributed by atoms with van der Waals surface area (Å²) in [5, 5.41) is 74.0. The molecule has 0 aromatic carbocycles. The number of hydrogen-bond acceptors (Lipinski definition) is 14. The second-order valence-corrected chi connectivity index (χ2v) is 11.2. The van der Waals surface area contributed by atoms with Crippen molar-refractivity contribution < 1.29 is 98.5 Å². The van der Waals surface area contributed by atoms with Gasteiger partial charge in [-0.1, -0.05) is 32.1 Å². The van der Waals surface area contributed by atoms with Crippen LogP contribution in [0.3, 0.4) is 0 Å². The predicted octanol–water partition coefficient (Wildman–Crippen LogP) is -6.08. The van der Waals surface area contributed by atoms with E-state index in [0.29, 0.717) is 0 Å². The molecular formula is C26H43NaO14. The van der Waals surface area contributed by atoms with Crippen molar-refractivity contribution in [3.05, 3.63) is 0 Å². The van der Waals surface area contributed by atoms with E-state index in [9.17, 15) is 40.5 Å². The van der Waals surface area contributed by atoms with Crippen molar-refractivity contribution in [2.24, 2.45) is 5.92 Å². The van der Waals surface area contributed by atoms with E-state index in [4.69, 9.17) is 28.4 Å². The van der Waals surface area contributed by atoms with Crippen LogP contribution < -0.4 is 34.7 Å². The molecule has 4 fully saturated rings. The molecule has 0 unspecified atom stereocenters. The molecule has 13 atom stereocenters. The predicted molar refractivity (Wildman–Crippen MR) is 130 cm³/mol. The maximum atomic E-state index is 11.9. The Balaban J connectivity index is 0.00000462. The van der Waals surface area contributed by atoms with Crippen molar-refractivity contribution in [3.63, 3.8) is 0 Å². The van der Waals surface area contributed by atoms with Gasteiger partial charge in [0.2, 0.25) is 0 Å². The van der Waals surface area contributed by atoms with Crippen LogP contribution in [-0.2, 0) is 33.2 Å². The summed E-state index contributed by atoms with van der Waals surface area (Å²) in [6, 6.07) is 0. The number of aliphatic carboxylic acids is 1. The van der Waals surface area contributed by atoms with Crippen LogP contribution in [0, 0.1) is 5.92 Å².